The van der Waals surface area contributed by atoms with Gasteiger partial charge in [-0.05, 0) is 29.3 Å². The van der Waals surface area contributed by atoms with Crippen LogP contribution < -0.4 is 4.90 Å². The summed E-state index contributed by atoms with van der Waals surface area (Å²) >= 11 is 0. The molecular weight excluding hydrogens is 410 g/mol. The van der Waals surface area contributed by atoms with E-state index in [0.29, 0.717) is 11.4 Å². The summed E-state index contributed by atoms with van der Waals surface area (Å²) in [7, 11) is -1.91. The average molecular weight is 438 g/mol. The van der Waals surface area contributed by atoms with E-state index in [1.807, 2.05) is 48.5 Å². The standard InChI is InChI=1S/C23H27N5O2S/c1-26(18-20-6-3-2-4-7-20)31(29,30)22-10-8-21(9-11-22)19-27-14-16-28(17-15-27)23-24-12-5-13-25-23/h2-13H,14-19H2,1H3. The van der Waals surface area contributed by atoms with E-state index in [0.717, 1.165) is 49.8 Å². The summed E-state index contributed by atoms with van der Waals surface area (Å²) in [5.74, 6) is 0.774. The summed E-state index contributed by atoms with van der Waals surface area (Å²) in [6.07, 6.45) is 3.53. The molecule has 8 heteroatoms. The predicted octanol–water partition coefficient (Wildman–Crippen LogP) is 2.62. The topological polar surface area (TPSA) is 69.6 Å². The van der Waals surface area contributed by atoms with E-state index in [4.69, 9.17) is 0 Å². The first-order valence-corrected chi connectivity index (χ1v) is 11.8. The summed E-state index contributed by atoms with van der Waals surface area (Å²) in [4.78, 5) is 13.5. The van der Waals surface area contributed by atoms with Crippen molar-refractivity contribution in [2.75, 3.05) is 38.1 Å². The lowest BCUT2D eigenvalue weighted by atomic mass is 10.2. The van der Waals surface area contributed by atoms with Crippen LogP contribution in [-0.4, -0.2) is 60.8 Å². The van der Waals surface area contributed by atoms with Crippen molar-refractivity contribution in [3.8, 4) is 0 Å². The van der Waals surface area contributed by atoms with Crippen LogP contribution in [-0.2, 0) is 23.1 Å². The SMILES string of the molecule is CN(Cc1ccccc1)S(=O)(=O)c1ccc(CN2CCN(c3ncccn3)CC2)cc1. The fourth-order valence-electron chi connectivity index (χ4n) is 3.69. The summed E-state index contributed by atoms with van der Waals surface area (Å²) in [5.41, 5.74) is 2.07. The van der Waals surface area contributed by atoms with Crippen molar-refractivity contribution in [3.63, 3.8) is 0 Å². The molecule has 2 heterocycles. The van der Waals surface area contributed by atoms with Gasteiger partial charge in [0.05, 0.1) is 4.90 Å². The van der Waals surface area contributed by atoms with Crippen LogP contribution in [0.5, 0.6) is 0 Å². The van der Waals surface area contributed by atoms with E-state index in [-0.39, 0.29) is 0 Å². The zero-order valence-electron chi connectivity index (χ0n) is 17.6. The molecule has 7 nitrogen and oxygen atoms in total. The molecule has 0 atom stereocenters. The van der Waals surface area contributed by atoms with Crippen LogP contribution in [0.4, 0.5) is 5.95 Å². The lowest BCUT2D eigenvalue weighted by Crippen LogP contribution is -2.46. The number of aromatic nitrogens is 2. The van der Waals surface area contributed by atoms with E-state index in [1.54, 1.807) is 31.6 Å². The minimum absolute atomic E-state index is 0.320. The molecule has 0 radical (unpaired) electrons. The molecule has 1 aliphatic heterocycles. The molecule has 1 aromatic heterocycles. The van der Waals surface area contributed by atoms with Crippen LogP contribution in [0.2, 0.25) is 0 Å². The minimum Gasteiger partial charge on any atom is -0.338 e. The van der Waals surface area contributed by atoms with Crippen molar-refractivity contribution in [1.82, 2.24) is 19.2 Å². The van der Waals surface area contributed by atoms with Crippen molar-refractivity contribution >= 4 is 16.0 Å². The smallest absolute Gasteiger partial charge is 0.243 e. The number of rotatable bonds is 7. The molecule has 1 saturated heterocycles. The zero-order valence-corrected chi connectivity index (χ0v) is 18.4. The molecule has 3 aromatic rings. The molecule has 4 rings (SSSR count). The van der Waals surface area contributed by atoms with Crippen molar-refractivity contribution in [2.24, 2.45) is 0 Å². The Balaban J connectivity index is 1.34. The number of piperazine rings is 1. The van der Waals surface area contributed by atoms with Crippen molar-refractivity contribution in [3.05, 3.63) is 84.2 Å². The number of hydrogen-bond acceptors (Lipinski definition) is 6. The highest BCUT2D eigenvalue weighted by molar-refractivity contribution is 7.89. The van der Waals surface area contributed by atoms with Crippen LogP contribution in [0.15, 0.2) is 78.0 Å². The molecular formula is C23H27N5O2S. The van der Waals surface area contributed by atoms with Crippen molar-refractivity contribution in [2.45, 2.75) is 18.0 Å². The summed E-state index contributed by atoms with van der Waals surface area (Å²) in [5, 5.41) is 0. The molecule has 1 fully saturated rings. The monoisotopic (exact) mass is 437 g/mol. The number of sulfonamides is 1. The lowest BCUT2D eigenvalue weighted by Gasteiger charge is -2.34. The zero-order chi connectivity index (χ0) is 21.7. The van der Waals surface area contributed by atoms with Crippen LogP contribution in [0.1, 0.15) is 11.1 Å². The molecule has 162 valence electrons. The molecule has 0 aliphatic carbocycles. The third-order valence-corrected chi connectivity index (χ3v) is 7.31. The molecule has 0 bridgehead atoms. The summed E-state index contributed by atoms with van der Waals surface area (Å²) in [6, 6.07) is 18.7. The van der Waals surface area contributed by atoms with E-state index in [9.17, 15) is 8.42 Å². The van der Waals surface area contributed by atoms with Gasteiger partial charge in [-0.15, -0.1) is 0 Å². The second-order valence-corrected chi connectivity index (χ2v) is 9.75. The third kappa shape index (κ3) is 5.28. The first-order chi connectivity index (χ1) is 15.0. The van der Waals surface area contributed by atoms with Gasteiger partial charge < -0.3 is 4.90 Å². The minimum atomic E-state index is -3.53. The van der Waals surface area contributed by atoms with Crippen LogP contribution >= 0.6 is 0 Å². The quantitative estimate of drug-likeness (QED) is 0.566. The Hall–Kier alpha value is -2.81. The Bertz CT molecular complexity index is 1070. The number of anilines is 1. The fraction of sp³-hybridized carbons (Fsp3) is 0.304. The normalized spacial score (nSPS) is 15.4. The molecule has 2 aromatic carbocycles. The highest BCUT2D eigenvalue weighted by Crippen LogP contribution is 2.19. The number of benzene rings is 2. The molecule has 0 saturated carbocycles. The second kappa shape index (κ2) is 9.55. The van der Waals surface area contributed by atoms with Gasteiger partial charge in [-0.1, -0.05) is 42.5 Å². The fourth-order valence-corrected chi connectivity index (χ4v) is 4.85. The molecule has 0 spiro atoms. The Morgan fingerprint density at radius 2 is 1.48 bits per heavy atom. The molecule has 0 amide bonds. The summed E-state index contributed by atoms with van der Waals surface area (Å²) in [6.45, 7) is 4.72. The van der Waals surface area contributed by atoms with E-state index >= 15 is 0 Å². The number of hydrogen-bond donors (Lipinski definition) is 0. The molecule has 0 unspecified atom stereocenters. The van der Waals surface area contributed by atoms with E-state index in [1.165, 1.54) is 4.31 Å². The van der Waals surface area contributed by atoms with E-state index < -0.39 is 10.0 Å². The van der Waals surface area contributed by atoms with Crippen LogP contribution in [0.3, 0.4) is 0 Å². The van der Waals surface area contributed by atoms with E-state index in [2.05, 4.69) is 19.8 Å². The maximum atomic E-state index is 12.9. The average Bonchev–Trinajstić information content (AvgIpc) is 2.81. The molecule has 0 N–H and O–H groups in total. The van der Waals surface area contributed by atoms with Gasteiger partial charge >= 0.3 is 0 Å². The van der Waals surface area contributed by atoms with Gasteiger partial charge in [0.1, 0.15) is 0 Å². The van der Waals surface area contributed by atoms with Crippen LogP contribution in [0, 0.1) is 0 Å². The second-order valence-electron chi connectivity index (χ2n) is 7.70. The molecule has 31 heavy (non-hydrogen) atoms. The Kier molecular flexibility index (Phi) is 6.60. The highest BCUT2D eigenvalue weighted by Gasteiger charge is 2.22. The Morgan fingerprint density at radius 3 is 2.13 bits per heavy atom. The number of nitrogens with zero attached hydrogens (tertiary/aromatic N) is 5. The lowest BCUT2D eigenvalue weighted by molar-refractivity contribution is 0.248. The van der Waals surface area contributed by atoms with Gasteiger partial charge in [0.2, 0.25) is 16.0 Å². The Labute approximate surface area is 184 Å². The Morgan fingerprint density at radius 1 is 0.839 bits per heavy atom. The van der Waals surface area contributed by atoms with Gasteiger partial charge in [0, 0.05) is 58.7 Å². The van der Waals surface area contributed by atoms with Gasteiger partial charge in [-0.2, -0.15) is 4.31 Å². The van der Waals surface area contributed by atoms with Crippen molar-refractivity contribution in [1.29, 1.82) is 0 Å². The maximum Gasteiger partial charge on any atom is 0.243 e. The first-order valence-electron chi connectivity index (χ1n) is 10.4. The maximum absolute atomic E-state index is 12.9. The molecule has 1 aliphatic rings. The van der Waals surface area contributed by atoms with Gasteiger partial charge in [0.15, 0.2) is 0 Å². The van der Waals surface area contributed by atoms with Gasteiger partial charge in [0.25, 0.3) is 0 Å². The largest absolute Gasteiger partial charge is 0.338 e. The predicted molar refractivity (Wildman–Crippen MR) is 121 cm³/mol. The highest BCUT2D eigenvalue weighted by atomic mass is 32.2. The summed E-state index contributed by atoms with van der Waals surface area (Å²) < 4.78 is 27.2. The van der Waals surface area contributed by atoms with Crippen LogP contribution in [0.25, 0.3) is 0 Å². The van der Waals surface area contributed by atoms with Gasteiger partial charge in [-0.25, -0.2) is 18.4 Å². The third-order valence-electron chi connectivity index (χ3n) is 5.49. The van der Waals surface area contributed by atoms with Crippen molar-refractivity contribution < 1.29 is 8.42 Å². The first kappa shape index (κ1) is 21.4. The van der Waals surface area contributed by atoms with Gasteiger partial charge in [-0.3, -0.25) is 4.90 Å².